The standard InChI is InChI=1S/C22H24N2O.ClH/c23-21-15-10-9-14(11-15)20(21)22(25)24-12-16-5-1-3-7-18(16)19-8-4-2-6-17(19)13-24;/h1-8,14-15,20-21H,9-13,23H2;1H. The van der Waals surface area contributed by atoms with Crippen molar-refractivity contribution in [3.63, 3.8) is 0 Å². The van der Waals surface area contributed by atoms with E-state index in [4.69, 9.17) is 5.73 Å². The highest BCUT2D eigenvalue weighted by atomic mass is 35.5. The van der Waals surface area contributed by atoms with Crippen LogP contribution in [0.15, 0.2) is 48.5 Å². The predicted molar refractivity (Wildman–Crippen MR) is 106 cm³/mol. The molecule has 2 saturated carbocycles. The smallest absolute Gasteiger partial charge is 0.228 e. The van der Waals surface area contributed by atoms with E-state index in [0.29, 0.717) is 24.9 Å². The molecule has 5 rings (SSSR count). The van der Waals surface area contributed by atoms with E-state index in [1.54, 1.807) is 0 Å². The molecule has 4 unspecified atom stereocenters. The Morgan fingerprint density at radius 2 is 1.42 bits per heavy atom. The molecule has 1 aliphatic heterocycles. The Kier molecular flexibility index (Phi) is 4.54. The molecule has 136 valence electrons. The number of amides is 1. The first kappa shape index (κ1) is 17.6. The van der Waals surface area contributed by atoms with Gasteiger partial charge in [-0.1, -0.05) is 48.5 Å². The van der Waals surface area contributed by atoms with Gasteiger partial charge in [-0.15, -0.1) is 12.4 Å². The highest BCUT2D eigenvalue weighted by Gasteiger charge is 2.50. The first-order valence-electron chi connectivity index (χ1n) is 9.43. The molecule has 0 radical (unpaired) electrons. The van der Waals surface area contributed by atoms with Gasteiger partial charge in [0.1, 0.15) is 0 Å². The van der Waals surface area contributed by atoms with Crippen molar-refractivity contribution >= 4 is 18.3 Å². The van der Waals surface area contributed by atoms with E-state index in [9.17, 15) is 4.79 Å². The molecule has 3 nitrogen and oxygen atoms in total. The molecule has 2 aromatic carbocycles. The first-order chi connectivity index (χ1) is 12.2. The molecule has 0 aromatic heterocycles. The Morgan fingerprint density at radius 1 is 0.885 bits per heavy atom. The topological polar surface area (TPSA) is 46.3 Å². The second-order valence-electron chi connectivity index (χ2n) is 7.94. The maximum Gasteiger partial charge on any atom is 0.228 e. The Balaban J connectivity index is 0.00000168. The first-order valence-corrected chi connectivity index (χ1v) is 9.43. The van der Waals surface area contributed by atoms with Gasteiger partial charge in [-0.25, -0.2) is 0 Å². The van der Waals surface area contributed by atoms with Gasteiger partial charge in [0.2, 0.25) is 5.91 Å². The van der Waals surface area contributed by atoms with Crippen molar-refractivity contribution in [1.82, 2.24) is 4.90 Å². The number of nitrogens with zero attached hydrogens (tertiary/aromatic N) is 1. The molecule has 1 heterocycles. The zero-order chi connectivity index (χ0) is 17.0. The van der Waals surface area contributed by atoms with Crippen molar-refractivity contribution < 1.29 is 4.79 Å². The minimum absolute atomic E-state index is 0. The molecule has 3 aliphatic rings. The Bertz CT molecular complexity index is 787. The maximum absolute atomic E-state index is 13.4. The fraction of sp³-hybridized carbons (Fsp3) is 0.409. The van der Waals surface area contributed by atoms with E-state index in [0.717, 1.165) is 6.42 Å². The van der Waals surface area contributed by atoms with Gasteiger partial charge in [-0.05, 0) is 53.4 Å². The zero-order valence-electron chi connectivity index (χ0n) is 14.8. The van der Waals surface area contributed by atoms with E-state index in [1.165, 1.54) is 35.1 Å². The van der Waals surface area contributed by atoms with Crippen LogP contribution in [-0.4, -0.2) is 16.8 Å². The number of hydrogen-bond donors (Lipinski definition) is 1. The van der Waals surface area contributed by atoms with Gasteiger partial charge in [0, 0.05) is 19.1 Å². The lowest BCUT2D eigenvalue weighted by Gasteiger charge is -2.32. The van der Waals surface area contributed by atoms with Crippen LogP contribution < -0.4 is 5.73 Å². The van der Waals surface area contributed by atoms with Crippen LogP contribution in [0.25, 0.3) is 11.1 Å². The predicted octanol–water partition coefficient (Wildman–Crippen LogP) is 3.99. The largest absolute Gasteiger partial charge is 0.334 e. The van der Waals surface area contributed by atoms with Gasteiger partial charge < -0.3 is 10.6 Å². The molecule has 2 aliphatic carbocycles. The fourth-order valence-electron chi connectivity index (χ4n) is 5.38. The summed E-state index contributed by atoms with van der Waals surface area (Å²) in [5.74, 6) is 1.36. The number of nitrogens with two attached hydrogens (primary N) is 1. The van der Waals surface area contributed by atoms with Gasteiger partial charge in [0.25, 0.3) is 0 Å². The van der Waals surface area contributed by atoms with Crippen LogP contribution in [0, 0.1) is 17.8 Å². The van der Waals surface area contributed by atoms with E-state index >= 15 is 0 Å². The van der Waals surface area contributed by atoms with Gasteiger partial charge in [-0.2, -0.15) is 0 Å². The average molecular weight is 369 g/mol. The number of rotatable bonds is 1. The summed E-state index contributed by atoms with van der Waals surface area (Å²) < 4.78 is 0. The van der Waals surface area contributed by atoms with E-state index in [2.05, 4.69) is 53.4 Å². The molecule has 2 N–H and O–H groups in total. The lowest BCUT2D eigenvalue weighted by molar-refractivity contribution is -0.139. The number of benzene rings is 2. The second kappa shape index (κ2) is 6.71. The number of fused-ring (bicyclic) bond motifs is 5. The third kappa shape index (κ3) is 2.65. The minimum Gasteiger partial charge on any atom is -0.334 e. The van der Waals surface area contributed by atoms with Crippen molar-refractivity contribution in [2.75, 3.05) is 0 Å². The van der Waals surface area contributed by atoms with Gasteiger partial charge in [0.05, 0.1) is 5.92 Å². The van der Waals surface area contributed by atoms with E-state index in [-0.39, 0.29) is 30.3 Å². The number of halogens is 1. The quantitative estimate of drug-likeness (QED) is 0.827. The Labute approximate surface area is 161 Å². The third-order valence-electron chi connectivity index (χ3n) is 6.62. The van der Waals surface area contributed by atoms with Gasteiger partial charge >= 0.3 is 0 Å². The average Bonchev–Trinajstić information content (AvgIpc) is 3.18. The van der Waals surface area contributed by atoms with Crippen LogP contribution in [0.3, 0.4) is 0 Å². The Hall–Kier alpha value is -1.84. The molecule has 26 heavy (non-hydrogen) atoms. The summed E-state index contributed by atoms with van der Waals surface area (Å²) in [4.78, 5) is 15.5. The molecular weight excluding hydrogens is 344 g/mol. The summed E-state index contributed by atoms with van der Waals surface area (Å²) in [5, 5.41) is 0. The SMILES string of the molecule is Cl.NC1C2CCC(C2)C1C(=O)N1Cc2ccccc2-c2ccccc2C1. The molecule has 2 aromatic rings. The van der Waals surface area contributed by atoms with Gasteiger partial charge in [-0.3, -0.25) is 4.79 Å². The molecule has 2 bridgehead atoms. The maximum atomic E-state index is 13.4. The highest BCUT2D eigenvalue weighted by molar-refractivity contribution is 5.85. The summed E-state index contributed by atoms with van der Waals surface area (Å²) in [6.45, 7) is 1.37. The van der Waals surface area contributed by atoms with Crippen molar-refractivity contribution in [3.05, 3.63) is 59.7 Å². The van der Waals surface area contributed by atoms with Crippen molar-refractivity contribution in [3.8, 4) is 11.1 Å². The molecular formula is C22H25ClN2O. The molecule has 4 heteroatoms. The summed E-state index contributed by atoms with van der Waals surface area (Å²) in [6, 6.07) is 17.0. The lowest BCUT2D eigenvalue weighted by Crippen LogP contribution is -2.46. The normalized spacial score (nSPS) is 28.7. The number of hydrogen-bond acceptors (Lipinski definition) is 2. The number of carbonyl (C=O) groups excluding carboxylic acids is 1. The van der Waals surface area contributed by atoms with E-state index in [1.807, 2.05) is 0 Å². The van der Waals surface area contributed by atoms with Crippen molar-refractivity contribution in [2.45, 2.75) is 38.4 Å². The summed E-state index contributed by atoms with van der Waals surface area (Å²) in [5.41, 5.74) is 11.4. The highest BCUT2D eigenvalue weighted by Crippen LogP contribution is 2.48. The monoisotopic (exact) mass is 368 g/mol. The van der Waals surface area contributed by atoms with Gasteiger partial charge in [0.15, 0.2) is 0 Å². The molecule has 2 fully saturated rings. The minimum atomic E-state index is 0. The second-order valence-corrected chi connectivity index (χ2v) is 7.94. The molecule has 1 amide bonds. The van der Waals surface area contributed by atoms with Crippen LogP contribution in [0.5, 0.6) is 0 Å². The number of carbonyl (C=O) groups is 1. The van der Waals surface area contributed by atoms with Crippen LogP contribution in [0.1, 0.15) is 30.4 Å². The summed E-state index contributed by atoms with van der Waals surface area (Å²) in [7, 11) is 0. The molecule has 0 saturated heterocycles. The fourth-order valence-corrected chi connectivity index (χ4v) is 5.38. The summed E-state index contributed by atoms with van der Waals surface area (Å²) in [6.07, 6.45) is 3.54. The van der Waals surface area contributed by atoms with Crippen LogP contribution in [-0.2, 0) is 17.9 Å². The molecule has 0 spiro atoms. The van der Waals surface area contributed by atoms with Crippen LogP contribution in [0.2, 0.25) is 0 Å². The summed E-state index contributed by atoms with van der Waals surface area (Å²) >= 11 is 0. The van der Waals surface area contributed by atoms with Crippen LogP contribution >= 0.6 is 12.4 Å². The van der Waals surface area contributed by atoms with Crippen molar-refractivity contribution in [2.24, 2.45) is 23.5 Å². The van der Waals surface area contributed by atoms with Crippen LogP contribution in [0.4, 0.5) is 0 Å². The van der Waals surface area contributed by atoms with Crippen molar-refractivity contribution in [1.29, 1.82) is 0 Å². The lowest BCUT2D eigenvalue weighted by atomic mass is 9.84. The third-order valence-corrected chi connectivity index (χ3v) is 6.62. The Morgan fingerprint density at radius 3 is 1.96 bits per heavy atom. The zero-order valence-corrected chi connectivity index (χ0v) is 15.6. The van der Waals surface area contributed by atoms with E-state index < -0.39 is 0 Å². The molecule has 4 atom stereocenters.